The number of rotatable bonds is 4. The molecule has 7 heteroatoms. The highest BCUT2D eigenvalue weighted by Crippen LogP contribution is 2.51. The molecule has 1 saturated carbocycles. The normalized spacial score (nSPS) is 31.2. The van der Waals surface area contributed by atoms with Crippen molar-refractivity contribution < 1.29 is 18.0 Å². The summed E-state index contributed by atoms with van der Waals surface area (Å²) in [5.74, 6) is -0.750. The van der Waals surface area contributed by atoms with Gasteiger partial charge in [0.15, 0.2) is 0 Å². The Kier molecular flexibility index (Phi) is 3.37. The SMILES string of the molecule is O=C1N2[C@@H](c3cncc(F)c3)CCN2CC1(CC1CC1)C(F)F. The number of hydrogen-bond acceptors (Lipinski definition) is 3. The maximum Gasteiger partial charge on any atom is 0.254 e. The van der Waals surface area contributed by atoms with Crippen molar-refractivity contribution in [2.24, 2.45) is 11.3 Å². The maximum atomic E-state index is 13.8. The minimum atomic E-state index is -2.67. The Hall–Kier alpha value is -1.63. The van der Waals surface area contributed by atoms with E-state index in [1.165, 1.54) is 17.3 Å². The molecule has 3 fully saturated rings. The number of halogens is 3. The molecule has 4 rings (SSSR count). The fraction of sp³-hybridized carbons (Fsp3) is 0.625. The van der Waals surface area contributed by atoms with E-state index in [0.29, 0.717) is 18.5 Å². The van der Waals surface area contributed by atoms with Crippen LogP contribution in [0.4, 0.5) is 13.2 Å². The van der Waals surface area contributed by atoms with Crippen molar-refractivity contribution in [3.63, 3.8) is 0 Å². The second-order valence-corrected chi connectivity index (χ2v) is 6.88. The first-order valence-corrected chi connectivity index (χ1v) is 7.98. The van der Waals surface area contributed by atoms with Gasteiger partial charge in [0.1, 0.15) is 11.2 Å². The summed E-state index contributed by atoms with van der Waals surface area (Å²) in [6.07, 6.45) is 2.65. The fourth-order valence-corrected chi connectivity index (χ4v) is 3.90. The van der Waals surface area contributed by atoms with Gasteiger partial charge in [0.25, 0.3) is 12.3 Å². The van der Waals surface area contributed by atoms with E-state index in [9.17, 15) is 18.0 Å². The van der Waals surface area contributed by atoms with Gasteiger partial charge in [-0.05, 0) is 30.4 Å². The van der Waals surface area contributed by atoms with E-state index < -0.39 is 29.6 Å². The number of carbonyl (C=O) groups excluding carboxylic acids is 1. The molecular formula is C16H18F3N3O. The lowest BCUT2D eigenvalue weighted by Gasteiger charge is -2.28. The second-order valence-electron chi connectivity index (χ2n) is 6.88. The number of carbonyl (C=O) groups is 1. The molecule has 2 aliphatic heterocycles. The molecule has 0 spiro atoms. The first-order chi connectivity index (χ1) is 11.0. The first kappa shape index (κ1) is 14.9. The van der Waals surface area contributed by atoms with Crippen LogP contribution in [0.1, 0.15) is 37.3 Å². The minimum absolute atomic E-state index is 0.0687. The van der Waals surface area contributed by atoms with Crippen LogP contribution in [0.25, 0.3) is 0 Å². The summed E-state index contributed by atoms with van der Waals surface area (Å²) < 4.78 is 41.0. The van der Waals surface area contributed by atoms with Crippen LogP contribution < -0.4 is 0 Å². The number of aromatic nitrogens is 1. The largest absolute Gasteiger partial charge is 0.272 e. The molecule has 2 saturated heterocycles. The maximum absolute atomic E-state index is 13.8. The molecule has 4 nitrogen and oxygen atoms in total. The molecule has 2 atom stereocenters. The first-order valence-electron chi connectivity index (χ1n) is 7.98. The Morgan fingerprint density at radius 2 is 2.09 bits per heavy atom. The van der Waals surface area contributed by atoms with Crippen LogP contribution in [-0.4, -0.2) is 40.4 Å². The Labute approximate surface area is 132 Å². The van der Waals surface area contributed by atoms with Gasteiger partial charge in [0.2, 0.25) is 0 Å². The predicted octanol–water partition coefficient (Wildman–Crippen LogP) is 2.78. The van der Waals surface area contributed by atoms with Gasteiger partial charge in [0.05, 0.1) is 12.2 Å². The van der Waals surface area contributed by atoms with Crippen LogP contribution in [-0.2, 0) is 4.79 Å². The molecule has 0 bridgehead atoms. The third-order valence-electron chi connectivity index (χ3n) is 5.24. The van der Waals surface area contributed by atoms with Crippen LogP contribution in [0.3, 0.4) is 0 Å². The molecule has 124 valence electrons. The van der Waals surface area contributed by atoms with E-state index in [1.54, 1.807) is 5.01 Å². The third-order valence-corrected chi connectivity index (χ3v) is 5.24. The molecule has 1 unspecified atom stereocenters. The van der Waals surface area contributed by atoms with Crippen LogP contribution >= 0.6 is 0 Å². The number of hydrogen-bond donors (Lipinski definition) is 0. The summed E-state index contributed by atoms with van der Waals surface area (Å²) >= 11 is 0. The monoisotopic (exact) mass is 325 g/mol. The summed E-state index contributed by atoms with van der Waals surface area (Å²) in [4.78, 5) is 16.7. The van der Waals surface area contributed by atoms with Crippen LogP contribution in [0.2, 0.25) is 0 Å². The van der Waals surface area contributed by atoms with E-state index in [0.717, 1.165) is 19.0 Å². The van der Waals surface area contributed by atoms with Crippen molar-refractivity contribution >= 4 is 5.91 Å². The Balaban J connectivity index is 1.65. The topological polar surface area (TPSA) is 36.4 Å². The molecule has 1 aliphatic carbocycles. The second kappa shape index (κ2) is 5.19. The van der Waals surface area contributed by atoms with Crippen molar-refractivity contribution in [1.29, 1.82) is 0 Å². The summed E-state index contributed by atoms with van der Waals surface area (Å²) in [5, 5.41) is 3.15. The predicted molar refractivity (Wildman–Crippen MR) is 75.8 cm³/mol. The van der Waals surface area contributed by atoms with Gasteiger partial charge in [-0.3, -0.25) is 14.8 Å². The lowest BCUT2D eigenvalue weighted by molar-refractivity contribution is -0.149. The van der Waals surface area contributed by atoms with Crippen molar-refractivity contribution in [2.75, 3.05) is 13.1 Å². The smallest absolute Gasteiger partial charge is 0.254 e. The van der Waals surface area contributed by atoms with Crippen molar-refractivity contribution in [2.45, 2.75) is 38.2 Å². The number of pyridine rings is 1. The molecule has 3 heterocycles. The summed E-state index contributed by atoms with van der Waals surface area (Å²) in [6, 6.07) is 0.933. The number of amides is 1. The minimum Gasteiger partial charge on any atom is -0.272 e. The molecule has 3 aliphatic rings. The van der Waals surface area contributed by atoms with E-state index in [4.69, 9.17) is 0 Å². The average Bonchev–Trinajstić information content (AvgIpc) is 3.15. The molecule has 1 aromatic heterocycles. The number of hydrazine groups is 1. The van der Waals surface area contributed by atoms with Gasteiger partial charge in [-0.15, -0.1) is 0 Å². The average molecular weight is 325 g/mol. The summed E-state index contributed by atoms with van der Waals surface area (Å²) in [5.41, 5.74) is -1.03. The zero-order chi connectivity index (χ0) is 16.2. The summed E-state index contributed by atoms with van der Waals surface area (Å²) in [7, 11) is 0. The van der Waals surface area contributed by atoms with Gasteiger partial charge < -0.3 is 0 Å². The van der Waals surface area contributed by atoms with Crippen LogP contribution in [0.5, 0.6) is 0 Å². The zero-order valence-corrected chi connectivity index (χ0v) is 12.6. The lowest BCUT2D eigenvalue weighted by atomic mass is 9.82. The van der Waals surface area contributed by atoms with Crippen molar-refractivity contribution in [3.05, 3.63) is 29.8 Å². The molecule has 1 aromatic rings. The van der Waals surface area contributed by atoms with E-state index in [2.05, 4.69) is 4.98 Å². The highest BCUT2D eigenvalue weighted by molar-refractivity contribution is 5.86. The highest BCUT2D eigenvalue weighted by Gasteiger charge is 2.61. The molecular weight excluding hydrogens is 307 g/mol. The van der Waals surface area contributed by atoms with Gasteiger partial charge in [-0.25, -0.2) is 18.2 Å². The van der Waals surface area contributed by atoms with Gasteiger partial charge in [-0.1, -0.05) is 12.8 Å². The Morgan fingerprint density at radius 1 is 1.30 bits per heavy atom. The molecule has 0 N–H and O–H groups in total. The number of alkyl halides is 2. The third kappa shape index (κ3) is 2.33. The Bertz CT molecular complexity index is 637. The van der Waals surface area contributed by atoms with Gasteiger partial charge in [0, 0.05) is 19.3 Å². The van der Waals surface area contributed by atoms with Crippen molar-refractivity contribution in [1.82, 2.24) is 15.0 Å². The number of fused-ring (bicyclic) bond motifs is 1. The van der Waals surface area contributed by atoms with E-state index >= 15 is 0 Å². The van der Waals surface area contributed by atoms with Gasteiger partial charge >= 0.3 is 0 Å². The highest BCUT2D eigenvalue weighted by atomic mass is 19.3. The molecule has 1 amide bonds. The summed E-state index contributed by atoms with van der Waals surface area (Å²) in [6.45, 7) is 0.602. The lowest BCUT2D eigenvalue weighted by Crippen LogP contribution is -2.42. The number of nitrogens with zero attached hydrogens (tertiary/aromatic N) is 3. The van der Waals surface area contributed by atoms with Crippen molar-refractivity contribution in [3.8, 4) is 0 Å². The molecule has 0 aromatic carbocycles. The molecule has 0 radical (unpaired) electrons. The van der Waals surface area contributed by atoms with E-state index in [1.807, 2.05) is 0 Å². The van der Waals surface area contributed by atoms with Crippen LogP contribution in [0, 0.1) is 17.2 Å². The zero-order valence-electron chi connectivity index (χ0n) is 12.6. The quantitative estimate of drug-likeness (QED) is 0.854. The molecule has 23 heavy (non-hydrogen) atoms. The standard InChI is InChI=1S/C16H18F3N3O/c17-12-5-11(7-20-8-12)13-3-4-21-9-16(14(18)19,6-10-1-2-10)15(23)22(13)21/h5,7-8,10,13-14H,1-4,6,9H2/t13-,16?/m1/s1. The fourth-order valence-electron chi connectivity index (χ4n) is 3.90. The Morgan fingerprint density at radius 3 is 2.74 bits per heavy atom. The van der Waals surface area contributed by atoms with Crippen LogP contribution in [0.15, 0.2) is 18.5 Å². The van der Waals surface area contributed by atoms with Gasteiger partial charge in [-0.2, -0.15) is 0 Å². The van der Waals surface area contributed by atoms with E-state index in [-0.39, 0.29) is 18.9 Å².